The fourth-order valence-corrected chi connectivity index (χ4v) is 9.45. The molecule has 0 amide bonds. The maximum Gasteiger partial charge on any atom is 0.310 e. The van der Waals surface area contributed by atoms with E-state index in [0.29, 0.717) is 13.0 Å². The number of carbonyl (C=O) groups is 1. The molecule has 0 saturated carbocycles. The van der Waals surface area contributed by atoms with E-state index in [1.165, 1.54) is 15.9 Å². The molecular formula is C29H28O2P+. The van der Waals surface area contributed by atoms with Gasteiger partial charge in [-0.2, -0.15) is 0 Å². The number of ether oxygens (including phenoxy) is 1. The van der Waals surface area contributed by atoms with Gasteiger partial charge in [-0.1, -0.05) is 84.9 Å². The van der Waals surface area contributed by atoms with Gasteiger partial charge >= 0.3 is 5.97 Å². The third-order valence-electron chi connectivity index (χ3n) is 5.81. The van der Waals surface area contributed by atoms with E-state index in [1.807, 2.05) is 13.0 Å². The van der Waals surface area contributed by atoms with Gasteiger partial charge in [0.25, 0.3) is 0 Å². The summed E-state index contributed by atoms with van der Waals surface area (Å²) in [6.07, 6.45) is 0.324. The lowest BCUT2D eigenvalue weighted by molar-refractivity contribution is -0.143. The zero-order valence-electron chi connectivity index (χ0n) is 18.3. The molecule has 4 rings (SSSR count). The van der Waals surface area contributed by atoms with Gasteiger partial charge in [-0.05, 0) is 48.9 Å². The summed E-state index contributed by atoms with van der Waals surface area (Å²) in [4.78, 5) is 13.0. The molecule has 1 unspecified atom stereocenters. The van der Waals surface area contributed by atoms with Crippen LogP contribution in [0.4, 0.5) is 0 Å². The third kappa shape index (κ3) is 4.38. The minimum atomic E-state index is -2.26. The molecule has 160 valence electrons. The Bertz CT molecular complexity index is 1020. The minimum absolute atomic E-state index is 0.0463. The van der Waals surface area contributed by atoms with Gasteiger partial charge in [0.2, 0.25) is 0 Å². The smallest absolute Gasteiger partial charge is 0.310 e. The van der Waals surface area contributed by atoms with Crippen LogP contribution in [0.1, 0.15) is 24.6 Å². The van der Waals surface area contributed by atoms with Gasteiger partial charge in [0, 0.05) is 0 Å². The molecule has 0 radical (unpaired) electrons. The van der Waals surface area contributed by atoms with E-state index in [2.05, 4.69) is 115 Å². The highest BCUT2D eigenvalue weighted by atomic mass is 31.2. The average Bonchev–Trinajstić information content (AvgIpc) is 2.86. The van der Waals surface area contributed by atoms with E-state index in [-0.39, 0.29) is 11.6 Å². The SMILES string of the molecule is CCOC(=O)CC(c1ccccc1)[P+](c1ccccc1)(c1ccccc1)c1ccccc1. The molecule has 0 aliphatic rings. The average molecular weight is 440 g/mol. The molecule has 0 fully saturated rings. The Kier molecular flexibility index (Phi) is 7.14. The Morgan fingerprint density at radius 1 is 0.656 bits per heavy atom. The van der Waals surface area contributed by atoms with E-state index in [0.717, 1.165) is 5.56 Å². The zero-order chi connectivity index (χ0) is 22.2. The lowest BCUT2D eigenvalue weighted by Crippen LogP contribution is -2.36. The number of esters is 1. The van der Waals surface area contributed by atoms with Crippen LogP contribution < -0.4 is 15.9 Å². The highest BCUT2D eigenvalue weighted by Gasteiger charge is 2.53. The van der Waals surface area contributed by atoms with Crippen molar-refractivity contribution >= 4 is 29.1 Å². The molecule has 0 saturated heterocycles. The lowest BCUT2D eigenvalue weighted by Gasteiger charge is -2.34. The molecule has 0 aromatic heterocycles. The van der Waals surface area contributed by atoms with Crippen LogP contribution in [-0.2, 0) is 9.53 Å². The molecule has 1 atom stereocenters. The molecule has 4 aromatic rings. The summed E-state index contributed by atoms with van der Waals surface area (Å²) in [6, 6.07) is 42.5. The Morgan fingerprint density at radius 2 is 1.03 bits per heavy atom. The molecule has 0 aliphatic heterocycles. The summed E-state index contributed by atoms with van der Waals surface area (Å²) >= 11 is 0. The van der Waals surface area contributed by atoms with Crippen molar-refractivity contribution in [2.45, 2.75) is 19.0 Å². The maximum atomic E-state index is 13.0. The molecule has 3 heteroatoms. The van der Waals surface area contributed by atoms with E-state index >= 15 is 0 Å². The first-order valence-corrected chi connectivity index (χ1v) is 12.9. The van der Waals surface area contributed by atoms with Crippen LogP contribution >= 0.6 is 7.26 Å². The number of benzene rings is 4. The topological polar surface area (TPSA) is 26.3 Å². The van der Waals surface area contributed by atoms with Gasteiger partial charge in [-0.15, -0.1) is 0 Å². The van der Waals surface area contributed by atoms with Crippen LogP contribution in [0.25, 0.3) is 0 Å². The molecule has 0 spiro atoms. The molecule has 4 aromatic carbocycles. The Labute approximate surface area is 191 Å². The molecule has 0 heterocycles. The standard InChI is InChI=1S/C29H28O2P/c1-2-31-29(30)23-28(24-15-7-3-8-16-24)32(25-17-9-4-10-18-25,26-19-11-5-12-20-26)27-21-13-6-14-22-27/h3-22,28H,2,23H2,1H3/q+1. The predicted octanol–water partition coefficient (Wildman–Crippen LogP) is 5.68. The lowest BCUT2D eigenvalue weighted by atomic mass is 10.1. The second-order valence-electron chi connectivity index (χ2n) is 7.66. The largest absolute Gasteiger partial charge is 0.466 e. The fraction of sp³-hybridized carbons (Fsp3) is 0.138. The van der Waals surface area contributed by atoms with E-state index in [9.17, 15) is 4.79 Å². The Balaban J connectivity index is 2.07. The van der Waals surface area contributed by atoms with Gasteiger partial charge in [-0.25, -0.2) is 0 Å². The number of hydrogen-bond donors (Lipinski definition) is 0. The van der Waals surface area contributed by atoms with Gasteiger partial charge in [-0.3, -0.25) is 4.79 Å². The van der Waals surface area contributed by atoms with E-state index < -0.39 is 7.26 Å². The van der Waals surface area contributed by atoms with Crippen molar-refractivity contribution < 1.29 is 9.53 Å². The minimum Gasteiger partial charge on any atom is -0.466 e. The van der Waals surface area contributed by atoms with Crippen molar-refractivity contribution in [3.8, 4) is 0 Å². The van der Waals surface area contributed by atoms with Crippen LogP contribution in [0.5, 0.6) is 0 Å². The molecular weight excluding hydrogens is 411 g/mol. The first-order valence-electron chi connectivity index (χ1n) is 11.0. The van der Waals surface area contributed by atoms with Crippen molar-refractivity contribution in [2.24, 2.45) is 0 Å². The van der Waals surface area contributed by atoms with Crippen LogP contribution in [0.15, 0.2) is 121 Å². The van der Waals surface area contributed by atoms with Crippen molar-refractivity contribution in [1.82, 2.24) is 0 Å². The predicted molar refractivity (Wildman–Crippen MR) is 136 cm³/mol. The summed E-state index contributed by atoms with van der Waals surface area (Å²) in [6.45, 7) is 2.25. The summed E-state index contributed by atoms with van der Waals surface area (Å²) in [7, 11) is -2.26. The fourth-order valence-electron chi connectivity index (χ4n) is 4.51. The van der Waals surface area contributed by atoms with Crippen LogP contribution in [0, 0.1) is 0 Å². The van der Waals surface area contributed by atoms with Gasteiger partial charge in [0.15, 0.2) is 0 Å². The highest BCUT2D eigenvalue weighted by Crippen LogP contribution is 2.67. The number of rotatable bonds is 8. The number of hydrogen-bond acceptors (Lipinski definition) is 2. The molecule has 32 heavy (non-hydrogen) atoms. The van der Waals surface area contributed by atoms with Crippen LogP contribution in [0.3, 0.4) is 0 Å². The summed E-state index contributed by atoms with van der Waals surface area (Å²) < 4.78 is 5.48. The monoisotopic (exact) mass is 439 g/mol. The quantitative estimate of drug-likeness (QED) is 0.261. The second kappa shape index (κ2) is 10.4. The van der Waals surface area contributed by atoms with Crippen molar-refractivity contribution in [1.29, 1.82) is 0 Å². The van der Waals surface area contributed by atoms with E-state index in [1.54, 1.807) is 0 Å². The van der Waals surface area contributed by atoms with Gasteiger partial charge < -0.3 is 4.74 Å². The van der Waals surface area contributed by atoms with Crippen molar-refractivity contribution in [3.63, 3.8) is 0 Å². The zero-order valence-corrected chi connectivity index (χ0v) is 19.2. The van der Waals surface area contributed by atoms with Gasteiger partial charge in [0.05, 0.1) is 13.0 Å². The van der Waals surface area contributed by atoms with Crippen LogP contribution in [-0.4, -0.2) is 12.6 Å². The summed E-state index contributed by atoms with van der Waals surface area (Å²) in [5.41, 5.74) is 1.11. The highest BCUT2D eigenvalue weighted by molar-refractivity contribution is 7.96. The normalized spacial score (nSPS) is 12.2. The maximum absolute atomic E-state index is 13.0. The Hall–Kier alpha value is -3.22. The van der Waals surface area contributed by atoms with Crippen molar-refractivity contribution in [2.75, 3.05) is 6.61 Å². The molecule has 0 N–H and O–H groups in total. The summed E-state index contributed by atoms with van der Waals surface area (Å²) in [5, 5.41) is 3.78. The first kappa shape index (κ1) is 22.0. The Morgan fingerprint density at radius 3 is 1.41 bits per heavy atom. The first-order chi connectivity index (χ1) is 15.8. The molecule has 0 aliphatic carbocycles. The third-order valence-corrected chi connectivity index (χ3v) is 10.6. The second-order valence-corrected chi connectivity index (χ2v) is 11.3. The molecule has 0 bridgehead atoms. The van der Waals surface area contributed by atoms with E-state index in [4.69, 9.17) is 4.74 Å². The van der Waals surface area contributed by atoms with Crippen LogP contribution in [0.2, 0.25) is 0 Å². The number of carbonyl (C=O) groups excluding carboxylic acids is 1. The van der Waals surface area contributed by atoms with Crippen molar-refractivity contribution in [3.05, 3.63) is 127 Å². The molecule has 2 nitrogen and oxygen atoms in total. The summed E-state index contributed by atoms with van der Waals surface area (Å²) in [5.74, 6) is -0.159. The van der Waals surface area contributed by atoms with Gasteiger partial charge in [0.1, 0.15) is 28.8 Å².